The normalized spacial score (nSPS) is 17.6. The number of sulfonamides is 1. The fourth-order valence-electron chi connectivity index (χ4n) is 8.58. The first kappa shape index (κ1) is 43.2. The predicted molar refractivity (Wildman–Crippen MR) is 241 cm³/mol. The first-order valence-electron chi connectivity index (χ1n) is 20.9. The van der Waals surface area contributed by atoms with E-state index in [1.165, 1.54) is 28.8 Å². The van der Waals surface area contributed by atoms with Crippen LogP contribution in [-0.2, 0) is 14.8 Å². The molecule has 1 aliphatic carbocycles. The number of amides is 1. The minimum Gasteiger partial charge on any atom is -0.455 e. The van der Waals surface area contributed by atoms with E-state index in [1.54, 1.807) is 41.2 Å². The first-order valence-corrected chi connectivity index (χ1v) is 22.8. The quantitative estimate of drug-likeness (QED) is 0.0860. The predicted octanol–water partition coefficient (Wildman–Crippen LogP) is 8.72. The third kappa shape index (κ3) is 9.91. The van der Waals surface area contributed by atoms with E-state index in [9.17, 15) is 23.3 Å². The molecule has 16 heteroatoms. The fraction of sp³-hybridized carbons (Fsp3) is 0.370. The Kier molecular flexibility index (Phi) is 12.6. The molecule has 5 aliphatic rings. The number of aromatic nitrogens is 2. The lowest BCUT2D eigenvalue weighted by atomic mass is 9.72. The van der Waals surface area contributed by atoms with Crippen molar-refractivity contribution < 1.29 is 27.6 Å². The number of ether oxygens (including phenoxy) is 2. The number of anilines is 2. The fourth-order valence-corrected chi connectivity index (χ4v) is 9.69. The van der Waals surface area contributed by atoms with E-state index in [4.69, 9.17) is 21.1 Å². The highest BCUT2D eigenvalue weighted by Gasteiger charge is 2.31. The highest BCUT2D eigenvalue weighted by atomic mass is 35.5. The zero-order valence-corrected chi connectivity index (χ0v) is 36.5. The number of nitrogens with one attached hydrogen (secondary N) is 2. The van der Waals surface area contributed by atoms with E-state index in [0.717, 1.165) is 87.2 Å². The number of fused-ring (bicyclic) bond motifs is 1. The van der Waals surface area contributed by atoms with Gasteiger partial charge in [-0.25, -0.2) is 18.1 Å². The maximum Gasteiger partial charge on any atom is 0.293 e. The Morgan fingerprint density at radius 3 is 2.52 bits per heavy atom. The third-order valence-corrected chi connectivity index (χ3v) is 13.7. The summed E-state index contributed by atoms with van der Waals surface area (Å²) in [5.74, 6) is 0.434. The Morgan fingerprint density at radius 2 is 1.77 bits per heavy atom. The molecule has 1 radical (unpaired) electrons. The average Bonchev–Trinajstić information content (AvgIpc) is 3.74. The first-order chi connectivity index (χ1) is 29.7. The Morgan fingerprint density at radius 1 is 1.02 bits per heavy atom. The SMILES string of the molecule is [CH2]n1cc(Oc2cc(N3CCN(CC4=C(c5ccc(Cl)cc5)CC(C)(C)CC4)CC3)ccc2C(=O)NS(=O)(=O)c2ccc(NCC3CCOCC3)c([N+](=O)[O-])c2)cc2ccnc1-2. The lowest BCUT2D eigenvalue weighted by Crippen LogP contribution is -2.47. The highest BCUT2D eigenvalue weighted by Crippen LogP contribution is 2.43. The Bertz CT molecular complexity index is 2560. The number of carbonyl (C=O) groups is 1. The average molecular weight is 881 g/mol. The van der Waals surface area contributed by atoms with Crippen LogP contribution in [0.1, 0.15) is 61.9 Å². The summed E-state index contributed by atoms with van der Waals surface area (Å²) in [5.41, 5.74) is 5.62. The van der Waals surface area contributed by atoms with Crippen molar-refractivity contribution >= 4 is 50.2 Å². The van der Waals surface area contributed by atoms with Crippen LogP contribution in [0.25, 0.3) is 17.0 Å². The van der Waals surface area contributed by atoms with Crippen molar-refractivity contribution in [2.24, 2.45) is 11.3 Å². The molecule has 0 bridgehead atoms. The number of allylic oxidation sites excluding steroid dienone is 1. The van der Waals surface area contributed by atoms with Gasteiger partial charge in [-0.05, 0) is 103 Å². The van der Waals surface area contributed by atoms with E-state index in [-0.39, 0.29) is 28.3 Å². The van der Waals surface area contributed by atoms with E-state index in [2.05, 4.69) is 57.9 Å². The molecule has 1 amide bonds. The minimum absolute atomic E-state index is 0.0431. The van der Waals surface area contributed by atoms with Crippen LogP contribution in [0, 0.1) is 28.5 Å². The zero-order chi connectivity index (χ0) is 43.6. The molecule has 0 aromatic heterocycles. The van der Waals surface area contributed by atoms with Crippen LogP contribution in [0.2, 0.25) is 5.02 Å². The highest BCUT2D eigenvalue weighted by molar-refractivity contribution is 7.90. The van der Waals surface area contributed by atoms with Crippen LogP contribution in [0.15, 0.2) is 95.7 Å². The van der Waals surface area contributed by atoms with Gasteiger partial charge in [0.05, 0.1) is 15.4 Å². The van der Waals surface area contributed by atoms with Gasteiger partial charge in [0.25, 0.3) is 21.6 Å². The summed E-state index contributed by atoms with van der Waals surface area (Å²) in [6.07, 6.45) is 8.12. The van der Waals surface area contributed by atoms with Gasteiger partial charge in [0.15, 0.2) is 0 Å². The summed E-state index contributed by atoms with van der Waals surface area (Å²) >= 11 is 6.24. The Labute approximate surface area is 367 Å². The van der Waals surface area contributed by atoms with Crippen LogP contribution in [0.3, 0.4) is 0 Å². The molecule has 0 atom stereocenters. The topological polar surface area (TPSA) is 161 Å². The minimum atomic E-state index is -4.56. The number of hydrogen-bond acceptors (Lipinski definition) is 11. The van der Waals surface area contributed by atoms with Gasteiger partial charge in [-0.3, -0.25) is 19.8 Å². The van der Waals surface area contributed by atoms with Crippen LogP contribution in [-0.4, -0.2) is 86.2 Å². The summed E-state index contributed by atoms with van der Waals surface area (Å²) in [4.78, 5) is 34.0. The molecule has 3 aromatic rings. The van der Waals surface area contributed by atoms with Gasteiger partial charge in [0.1, 0.15) is 23.0 Å². The van der Waals surface area contributed by atoms with Crippen LogP contribution >= 0.6 is 11.6 Å². The van der Waals surface area contributed by atoms with E-state index >= 15 is 0 Å². The molecule has 62 heavy (non-hydrogen) atoms. The van der Waals surface area contributed by atoms with E-state index < -0.39 is 31.4 Å². The molecule has 3 aromatic carbocycles. The molecule has 8 rings (SSSR count). The van der Waals surface area contributed by atoms with Gasteiger partial charge in [0.2, 0.25) is 0 Å². The number of hydrogen-bond donors (Lipinski definition) is 2. The number of piperazine rings is 1. The lowest BCUT2D eigenvalue weighted by Gasteiger charge is -2.39. The molecule has 325 valence electrons. The Hall–Kier alpha value is -5.48. The zero-order valence-electron chi connectivity index (χ0n) is 34.9. The summed E-state index contributed by atoms with van der Waals surface area (Å²) in [7, 11) is -0.532. The van der Waals surface area contributed by atoms with Crippen molar-refractivity contribution in [3.63, 3.8) is 0 Å². The molecular weight excluding hydrogens is 830 g/mol. The molecular formula is C46H51ClN7O7S. The summed E-state index contributed by atoms with van der Waals surface area (Å²) in [6, 6.07) is 20.4. The smallest absolute Gasteiger partial charge is 0.293 e. The molecule has 2 fully saturated rings. The monoisotopic (exact) mass is 880 g/mol. The molecule has 4 aliphatic heterocycles. The maximum atomic E-state index is 14.0. The second-order valence-electron chi connectivity index (χ2n) is 17.2. The van der Waals surface area contributed by atoms with Crippen molar-refractivity contribution in [1.29, 1.82) is 0 Å². The maximum absolute atomic E-state index is 14.0. The van der Waals surface area contributed by atoms with Crippen LogP contribution in [0.4, 0.5) is 17.1 Å². The standard InChI is InChI=1S/C46H51ClN7O7S/c1-46(2)16-12-34(40(27-46)32-4-6-35(47)7-5-32)29-52-18-20-53(21-19-52)36-8-10-39(43(25-36)61-37-24-33-13-17-48-44(33)51(3)30-37)45(55)50-62(58,59)38-9-11-41(42(26-38)54(56)57)49-28-31-14-22-60-23-15-31/h4-11,13,17,24-26,30-31,49H,3,12,14-16,18-23,27-29H2,1-2H3,(H,50,55). The Balaban J connectivity index is 1.02. The number of nitrogens with zero attached hydrogens (tertiary/aromatic N) is 5. The second kappa shape index (κ2) is 18.1. The summed E-state index contributed by atoms with van der Waals surface area (Å²) in [6.45, 7) is 10.3. The van der Waals surface area contributed by atoms with Crippen LogP contribution in [0.5, 0.6) is 11.5 Å². The summed E-state index contributed by atoms with van der Waals surface area (Å²) < 4.78 is 42.9. The third-order valence-electron chi connectivity index (χ3n) is 12.2. The number of pyridine rings is 1. The number of benzene rings is 3. The van der Waals surface area contributed by atoms with E-state index in [1.807, 2.05) is 18.2 Å². The number of nitro benzene ring substituents is 1. The molecule has 2 N–H and O–H groups in total. The van der Waals surface area contributed by atoms with Crippen molar-refractivity contribution in [3.8, 4) is 22.9 Å². The number of rotatable bonds is 13. The van der Waals surface area contributed by atoms with Gasteiger partial charge in [-0.15, -0.1) is 0 Å². The van der Waals surface area contributed by atoms with Gasteiger partial charge in [-0.2, -0.15) is 0 Å². The van der Waals surface area contributed by atoms with Crippen molar-refractivity contribution in [3.05, 3.63) is 124 Å². The second-order valence-corrected chi connectivity index (χ2v) is 19.3. The van der Waals surface area contributed by atoms with Crippen molar-refractivity contribution in [1.82, 2.24) is 19.2 Å². The summed E-state index contributed by atoms with van der Waals surface area (Å²) in [5, 5.41) is 15.9. The molecule has 14 nitrogen and oxygen atoms in total. The van der Waals surface area contributed by atoms with Gasteiger partial charge in [-0.1, -0.05) is 43.2 Å². The van der Waals surface area contributed by atoms with Crippen molar-refractivity contribution in [2.75, 3.05) is 62.7 Å². The molecule has 0 saturated carbocycles. The van der Waals surface area contributed by atoms with Gasteiger partial charge >= 0.3 is 0 Å². The largest absolute Gasteiger partial charge is 0.455 e. The molecule has 0 unspecified atom stereocenters. The number of nitro groups is 1. The number of carbonyl (C=O) groups excluding carboxylic acids is 1. The van der Waals surface area contributed by atoms with E-state index in [0.29, 0.717) is 31.3 Å². The number of halogens is 1. The van der Waals surface area contributed by atoms with Gasteiger partial charge < -0.3 is 24.3 Å². The van der Waals surface area contributed by atoms with Crippen LogP contribution < -0.4 is 19.7 Å². The molecule has 4 heterocycles. The molecule has 2 saturated heterocycles. The lowest BCUT2D eigenvalue weighted by molar-refractivity contribution is -0.384. The molecule has 0 spiro atoms. The van der Waals surface area contributed by atoms with Gasteiger partial charge in [0, 0.05) is 100 Å². The van der Waals surface area contributed by atoms with Crippen molar-refractivity contribution in [2.45, 2.75) is 50.8 Å².